The first-order chi connectivity index (χ1) is 20.2. The van der Waals surface area contributed by atoms with Crippen molar-refractivity contribution < 1.29 is 4.39 Å². The van der Waals surface area contributed by atoms with Crippen molar-refractivity contribution in [3.63, 3.8) is 0 Å². The molecule has 0 saturated carbocycles. The number of hydrogen-bond acceptors (Lipinski definition) is 2. The molecule has 0 aliphatic heterocycles. The standard InChI is InChI=1S/C35H24FIN4/c36-31-19-11-10-18-29(31)34-30(25-20-21-33-38-22-32(37)40(33)23-25)24-41(39-34)35(26-12-4-1-5-13-26,27-14-6-2-7-15-27)28-16-8-3-9-17-28/h1-24H. The Kier molecular flexibility index (Phi) is 6.47. The summed E-state index contributed by atoms with van der Waals surface area (Å²) in [6.07, 6.45) is 5.94. The number of nitrogens with zero attached hydrogens (tertiary/aromatic N) is 4. The molecule has 198 valence electrons. The highest BCUT2D eigenvalue weighted by molar-refractivity contribution is 14.1. The minimum absolute atomic E-state index is 0.318. The molecule has 7 rings (SSSR count). The highest BCUT2D eigenvalue weighted by atomic mass is 127. The van der Waals surface area contributed by atoms with Gasteiger partial charge in [-0.2, -0.15) is 5.10 Å². The van der Waals surface area contributed by atoms with Crippen LogP contribution in [-0.4, -0.2) is 19.2 Å². The van der Waals surface area contributed by atoms with Gasteiger partial charge in [0.15, 0.2) is 0 Å². The van der Waals surface area contributed by atoms with Gasteiger partial charge in [-0.05, 0) is 63.5 Å². The first kappa shape index (κ1) is 25.4. The second-order valence-corrected chi connectivity index (χ2v) is 11.0. The Hall–Kier alpha value is -4.56. The lowest BCUT2D eigenvalue weighted by Gasteiger charge is -2.36. The Morgan fingerprint density at radius 1 is 0.610 bits per heavy atom. The van der Waals surface area contributed by atoms with E-state index in [2.05, 4.69) is 70.2 Å². The molecule has 0 aliphatic carbocycles. The molecular weight excluding hydrogens is 622 g/mol. The van der Waals surface area contributed by atoms with Gasteiger partial charge in [0.2, 0.25) is 0 Å². The van der Waals surface area contributed by atoms with E-state index >= 15 is 4.39 Å². The molecule has 4 nitrogen and oxygen atoms in total. The van der Waals surface area contributed by atoms with Crippen molar-refractivity contribution in [1.82, 2.24) is 19.2 Å². The molecule has 7 aromatic rings. The topological polar surface area (TPSA) is 35.1 Å². The van der Waals surface area contributed by atoms with Crippen LogP contribution in [0, 0.1) is 9.52 Å². The minimum Gasteiger partial charge on any atom is -0.294 e. The van der Waals surface area contributed by atoms with E-state index in [-0.39, 0.29) is 5.82 Å². The second-order valence-electron chi connectivity index (χ2n) is 9.85. The van der Waals surface area contributed by atoms with Crippen molar-refractivity contribution in [2.24, 2.45) is 0 Å². The zero-order valence-corrected chi connectivity index (χ0v) is 24.1. The third kappa shape index (κ3) is 4.26. The summed E-state index contributed by atoms with van der Waals surface area (Å²) in [4.78, 5) is 4.49. The summed E-state index contributed by atoms with van der Waals surface area (Å²) >= 11 is 2.28. The SMILES string of the molecule is Fc1ccccc1-c1nn(C(c2ccccc2)(c2ccccc2)c2ccccc2)cc1-c1ccc2ncc(I)n2c1. The van der Waals surface area contributed by atoms with Gasteiger partial charge in [-0.25, -0.2) is 9.37 Å². The van der Waals surface area contributed by atoms with E-state index in [1.165, 1.54) is 6.07 Å². The molecular formula is C35H24FIN4. The molecule has 0 unspecified atom stereocenters. The summed E-state index contributed by atoms with van der Waals surface area (Å²) < 4.78 is 20.5. The van der Waals surface area contributed by atoms with Gasteiger partial charge in [0.05, 0.1) is 6.20 Å². The first-order valence-corrected chi connectivity index (χ1v) is 14.4. The molecule has 3 heterocycles. The number of aromatic nitrogens is 4. The van der Waals surface area contributed by atoms with Crippen LogP contribution in [0.1, 0.15) is 16.7 Å². The largest absolute Gasteiger partial charge is 0.294 e. The summed E-state index contributed by atoms with van der Waals surface area (Å²) in [7, 11) is 0. The lowest BCUT2D eigenvalue weighted by Crippen LogP contribution is -2.38. The van der Waals surface area contributed by atoms with E-state index in [1.807, 2.05) is 94.3 Å². The number of hydrogen-bond donors (Lipinski definition) is 0. The minimum atomic E-state index is -0.824. The summed E-state index contributed by atoms with van der Waals surface area (Å²) in [5.41, 5.74) is 5.94. The number of rotatable bonds is 6. The maximum Gasteiger partial charge on any atom is 0.138 e. The van der Waals surface area contributed by atoms with Crippen molar-refractivity contribution in [2.45, 2.75) is 5.54 Å². The number of fused-ring (bicyclic) bond motifs is 1. The summed E-state index contributed by atoms with van der Waals surface area (Å²) in [6, 6.07) is 42.0. The van der Waals surface area contributed by atoms with Gasteiger partial charge in [-0.1, -0.05) is 103 Å². The third-order valence-corrected chi connectivity index (χ3v) is 8.33. The van der Waals surface area contributed by atoms with E-state index in [0.717, 1.165) is 37.2 Å². The average Bonchev–Trinajstić information content (AvgIpc) is 3.63. The Morgan fingerprint density at radius 3 is 1.76 bits per heavy atom. The van der Waals surface area contributed by atoms with Crippen LogP contribution in [0.2, 0.25) is 0 Å². The Balaban J connectivity index is 1.59. The fourth-order valence-electron chi connectivity index (χ4n) is 5.65. The van der Waals surface area contributed by atoms with Gasteiger partial charge in [0, 0.05) is 29.1 Å². The van der Waals surface area contributed by atoms with Crippen LogP contribution in [0.15, 0.2) is 146 Å². The maximum atomic E-state index is 15.4. The number of benzene rings is 4. The van der Waals surface area contributed by atoms with Crippen molar-refractivity contribution in [2.75, 3.05) is 0 Å². The normalized spacial score (nSPS) is 11.7. The van der Waals surface area contributed by atoms with Crippen LogP contribution in [0.25, 0.3) is 28.0 Å². The van der Waals surface area contributed by atoms with Gasteiger partial charge in [-0.3, -0.25) is 9.08 Å². The maximum absolute atomic E-state index is 15.4. The molecule has 3 aromatic heterocycles. The van der Waals surface area contributed by atoms with Gasteiger partial charge in [0.25, 0.3) is 0 Å². The summed E-state index contributed by atoms with van der Waals surface area (Å²) in [5.74, 6) is -0.318. The van der Waals surface area contributed by atoms with Crippen molar-refractivity contribution >= 4 is 28.2 Å². The molecule has 0 atom stereocenters. The Labute approximate surface area is 250 Å². The van der Waals surface area contributed by atoms with Crippen LogP contribution < -0.4 is 0 Å². The first-order valence-electron chi connectivity index (χ1n) is 13.3. The van der Waals surface area contributed by atoms with E-state index in [9.17, 15) is 0 Å². The molecule has 0 spiro atoms. The Bertz CT molecular complexity index is 1870. The quantitative estimate of drug-likeness (QED) is 0.134. The van der Waals surface area contributed by atoms with E-state index in [0.29, 0.717) is 11.3 Å². The lowest BCUT2D eigenvalue weighted by molar-refractivity contribution is 0.461. The number of pyridine rings is 1. The van der Waals surface area contributed by atoms with E-state index in [4.69, 9.17) is 5.10 Å². The van der Waals surface area contributed by atoms with Gasteiger partial charge >= 0.3 is 0 Å². The molecule has 4 aromatic carbocycles. The molecule has 6 heteroatoms. The van der Waals surface area contributed by atoms with Gasteiger partial charge in [0.1, 0.15) is 26.4 Å². The number of imidazole rings is 1. The van der Waals surface area contributed by atoms with Gasteiger partial charge < -0.3 is 0 Å². The molecule has 0 fully saturated rings. The van der Waals surface area contributed by atoms with Crippen LogP contribution in [0.5, 0.6) is 0 Å². The summed E-state index contributed by atoms with van der Waals surface area (Å²) in [5, 5.41) is 5.26. The van der Waals surface area contributed by atoms with Crippen molar-refractivity contribution in [1.29, 1.82) is 0 Å². The zero-order valence-electron chi connectivity index (χ0n) is 21.9. The predicted molar refractivity (Wildman–Crippen MR) is 169 cm³/mol. The number of halogens is 2. The lowest BCUT2D eigenvalue weighted by atomic mass is 9.77. The van der Waals surface area contributed by atoms with Gasteiger partial charge in [-0.15, -0.1) is 0 Å². The second kappa shape index (κ2) is 10.4. The van der Waals surface area contributed by atoms with E-state index in [1.54, 1.807) is 12.1 Å². The average molecular weight is 647 g/mol. The van der Waals surface area contributed by atoms with Crippen LogP contribution in [0.3, 0.4) is 0 Å². The summed E-state index contributed by atoms with van der Waals surface area (Å²) in [6.45, 7) is 0. The van der Waals surface area contributed by atoms with E-state index < -0.39 is 5.54 Å². The van der Waals surface area contributed by atoms with Crippen LogP contribution in [0.4, 0.5) is 4.39 Å². The molecule has 0 bridgehead atoms. The monoisotopic (exact) mass is 646 g/mol. The Morgan fingerprint density at radius 2 is 1.17 bits per heavy atom. The molecule has 0 saturated heterocycles. The fraction of sp³-hybridized carbons (Fsp3) is 0.0286. The molecule has 0 radical (unpaired) electrons. The van der Waals surface area contributed by atoms with Crippen molar-refractivity contribution in [3.05, 3.63) is 172 Å². The highest BCUT2D eigenvalue weighted by Crippen LogP contribution is 2.43. The third-order valence-electron chi connectivity index (χ3n) is 7.53. The van der Waals surface area contributed by atoms with Crippen LogP contribution in [-0.2, 0) is 5.54 Å². The molecule has 0 aliphatic rings. The van der Waals surface area contributed by atoms with Crippen molar-refractivity contribution in [3.8, 4) is 22.4 Å². The molecule has 41 heavy (non-hydrogen) atoms. The molecule has 0 amide bonds. The highest BCUT2D eigenvalue weighted by Gasteiger charge is 2.40. The fourth-order valence-corrected chi connectivity index (χ4v) is 6.18. The smallest absolute Gasteiger partial charge is 0.138 e. The zero-order chi connectivity index (χ0) is 27.8. The predicted octanol–water partition coefficient (Wildman–Crippen LogP) is 8.45. The molecule has 0 N–H and O–H groups in total. The van der Waals surface area contributed by atoms with Crippen LogP contribution >= 0.6 is 22.6 Å².